The third-order valence-corrected chi connectivity index (χ3v) is 3.11. The molecule has 24 heavy (non-hydrogen) atoms. The number of hydrogen-bond acceptors (Lipinski definition) is 4. The van der Waals surface area contributed by atoms with Gasteiger partial charge in [0, 0.05) is 6.04 Å². The van der Waals surface area contributed by atoms with Crippen molar-refractivity contribution in [2.24, 2.45) is 11.7 Å². The first kappa shape index (κ1) is 20.0. The second kappa shape index (κ2) is 7.21. The van der Waals surface area contributed by atoms with Crippen LogP contribution in [0.2, 0.25) is 0 Å². The first-order chi connectivity index (χ1) is 10.8. The average Bonchev–Trinajstić information content (AvgIpc) is 2.35. The van der Waals surface area contributed by atoms with E-state index in [1.54, 1.807) is 20.8 Å². The molecule has 0 fully saturated rings. The van der Waals surface area contributed by atoms with Crippen LogP contribution in [0.4, 0.5) is 13.2 Å². The Morgan fingerprint density at radius 2 is 1.67 bits per heavy atom. The lowest BCUT2D eigenvalue weighted by molar-refractivity contribution is -0.167. The number of benzene rings is 1. The Kier molecular flexibility index (Phi) is 5.99. The zero-order valence-electron chi connectivity index (χ0n) is 13.6. The summed E-state index contributed by atoms with van der Waals surface area (Å²) in [6.07, 6.45) is -4.53. The Labute approximate surface area is 137 Å². The van der Waals surface area contributed by atoms with Gasteiger partial charge in [0.05, 0.1) is 5.56 Å². The fourth-order valence-corrected chi connectivity index (χ4v) is 2.04. The standard InChI is InChI=1S/C16H20F3NO4/c1-15(2,3)24-14(23)12(13(21)22)11(20)8-9-4-6-10(7-5-9)16(17,18)19/h4-7,11-12H,8,20H2,1-3H3,(H,21,22)/t11-,12+/m1/s1. The molecule has 0 aliphatic heterocycles. The number of esters is 1. The van der Waals surface area contributed by atoms with Crippen LogP contribution in [0.15, 0.2) is 24.3 Å². The second-order valence-electron chi connectivity index (χ2n) is 6.41. The predicted octanol–water partition coefficient (Wildman–Crippen LogP) is 2.62. The molecule has 0 aliphatic rings. The minimum absolute atomic E-state index is 0.0751. The highest BCUT2D eigenvalue weighted by molar-refractivity contribution is 5.95. The topological polar surface area (TPSA) is 89.6 Å². The van der Waals surface area contributed by atoms with Crippen molar-refractivity contribution in [3.05, 3.63) is 35.4 Å². The van der Waals surface area contributed by atoms with Gasteiger partial charge in [0.15, 0.2) is 5.92 Å². The minimum Gasteiger partial charge on any atom is -0.481 e. The van der Waals surface area contributed by atoms with E-state index >= 15 is 0 Å². The van der Waals surface area contributed by atoms with E-state index in [1.807, 2.05) is 0 Å². The van der Waals surface area contributed by atoms with Crippen molar-refractivity contribution in [1.29, 1.82) is 0 Å². The number of ether oxygens (including phenoxy) is 1. The van der Waals surface area contributed by atoms with Crippen LogP contribution in [0.5, 0.6) is 0 Å². The lowest BCUT2D eigenvalue weighted by Crippen LogP contribution is -2.45. The van der Waals surface area contributed by atoms with E-state index in [0.29, 0.717) is 5.56 Å². The van der Waals surface area contributed by atoms with Crippen molar-refractivity contribution < 1.29 is 32.6 Å². The van der Waals surface area contributed by atoms with Gasteiger partial charge in [-0.2, -0.15) is 13.2 Å². The summed E-state index contributed by atoms with van der Waals surface area (Å²) < 4.78 is 42.6. The van der Waals surface area contributed by atoms with E-state index in [0.717, 1.165) is 12.1 Å². The predicted molar refractivity (Wildman–Crippen MR) is 80.1 cm³/mol. The summed E-state index contributed by atoms with van der Waals surface area (Å²) in [5, 5.41) is 9.21. The molecule has 0 saturated carbocycles. The van der Waals surface area contributed by atoms with Crippen LogP contribution < -0.4 is 5.73 Å². The van der Waals surface area contributed by atoms with Crippen LogP contribution in [-0.4, -0.2) is 28.7 Å². The van der Waals surface area contributed by atoms with E-state index in [1.165, 1.54) is 12.1 Å². The molecule has 8 heteroatoms. The molecule has 0 heterocycles. The van der Waals surface area contributed by atoms with Crippen LogP contribution in [0, 0.1) is 5.92 Å². The number of carbonyl (C=O) groups excluding carboxylic acids is 1. The Balaban J connectivity index is 2.88. The first-order valence-corrected chi connectivity index (χ1v) is 7.18. The van der Waals surface area contributed by atoms with Crippen LogP contribution >= 0.6 is 0 Å². The maximum Gasteiger partial charge on any atom is 0.416 e. The summed E-state index contributed by atoms with van der Waals surface area (Å²) in [7, 11) is 0. The number of rotatable bonds is 5. The van der Waals surface area contributed by atoms with E-state index in [9.17, 15) is 27.9 Å². The minimum atomic E-state index is -4.46. The van der Waals surface area contributed by atoms with Crippen molar-refractivity contribution in [3.63, 3.8) is 0 Å². The number of nitrogens with two attached hydrogens (primary N) is 1. The van der Waals surface area contributed by atoms with Crippen LogP contribution in [0.3, 0.4) is 0 Å². The van der Waals surface area contributed by atoms with Crippen LogP contribution in [-0.2, 0) is 26.9 Å². The molecular weight excluding hydrogens is 327 g/mol. The second-order valence-corrected chi connectivity index (χ2v) is 6.41. The van der Waals surface area contributed by atoms with Gasteiger partial charge in [-0.1, -0.05) is 12.1 Å². The zero-order chi connectivity index (χ0) is 18.7. The molecule has 3 N–H and O–H groups in total. The zero-order valence-corrected chi connectivity index (χ0v) is 13.6. The molecular formula is C16H20F3NO4. The Hall–Kier alpha value is -2.09. The third-order valence-electron chi connectivity index (χ3n) is 3.11. The van der Waals surface area contributed by atoms with Crippen molar-refractivity contribution in [2.45, 2.75) is 45.0 Å². The lowest BCUT2D eigenvalue weighted by atomic mass is 9.93. The number of halogens is 3. The average molecular weight is 347 g/mol. The molecule has 0 bridgehead atoms. The van der Waals surface area contributed by atoms with E-state index in [2.05, 4.69) is 0 Å². The summed E-state index contributed by atoms with van der Waals surface area (Å²) in [6.45, 7) is 4.77. The smallest absolute Gasteiger partial charge is 0.416 e. The fourth-order valence-electron chi connectivity index (χ4n) is 2.04. The van der Waals surface area contributed by atoms with Crippen molar-refractivity contribution in [2.75, 3.05) is 0 Å². The fraction of sp³-hybridized carbons (Fsp3) is 0.500. The molecule has 0 spiro atoms. The molecule has 1 aromatic rings. The Morgan fingerprint density at radius 3 is 2.04 bits per heavy atom. The van der Waals surface area contributed by atoms with Gasteiger partial charge in [-0.3, -0.25) is 9.59 Å². The first-order valence-electron chi connectivity index (χ1n) is 7.18. The molecule has 5 nitrogen and oxygen atoms in total. The molecule has 0 unspecified atom stereocenters. The molecule has 1 rings (SSSR count). The maximum absolute atomic E-state index is 12.5. The molecule has 2 atom stereocenters. The Bertz CT molecular complexity index is 591. The molecule has 0 saturated heterocycles. The molecule has 1 aromatic carbocycles. The summed E-state index contributed by atoms with van der Waals surface area (Å²) >= 11 is 0. The Morgan fingerprint density at radius 1 is 1.17 bits per heavy atom. The van der Waals surface area contributed by atoms with Gasteiger partial charge in [-0.05, 0) is 44.9 Å². The van der Waals surface area contributed by atoms with E-state index in [4.69, 9.17) is 10.5 Å². The number of carboxylic acids is 1. The van der Waals surface area contributed by atoms with Crippen molar-refractivity contribution in [1.82, 2.24) is 0 Å². The molecule has 0 radical (unpaired) electrons. The SMILES string of the molecule is CC(C)(C)OC(=O)[C@H](C(=O)O)[C@H](N)Cc1ccc(C(F)(F)F)cc1. The van der Waals surface area contributed by atoms with Gasteiger partial charge in [0.1, 0.15) is 5.60 Å². The maximum atomic E-state index is 12.5. The van der Waals surface area contributed by atoms with Gasteiger partial charge >= 0.3 is 18.1 Å². The summed E-state index contributed by atoms with van der Waals surface area (Å²) in [4.78, 5) is 23.3. The van der Waals surface area contributed by atoms with Gasteiger partial charge in [-0.15, -0.1) is 0 Å². The quantitative estimate of drug-likeness (QED) is 0.631. The van der Waals surface area contributed by atoms with Crippen LogP contribution in [0.1, 0.15) is 31.9 Å². The third kappa shape index (κ3) is 5.84. The van der Waals surface area contributed by atoms with Crippen molar-refractivity contribution >= 4 is 11.9 Å². The summed E-state index contributed by atoms with van der Waals surface area (Å²) in [5.74, 6) is -4.02. The highest BCUT2D eigenvalue weighted by Crippen LogP contribution is 2.29. The van der Waals surface area contributed by atoms with Gasteiger partial charge in [0.25, 0.3) is 0 Å². The van der Waals surface area contributed by atoms with Crippen molar-refractivity contribution in [3.8, 4) is 0 Å². The highest BCUT2D eigenvalue weighted by Gasteiger charge is 2.36. The van der Waals surface area contributed by atoms with Gasteiger partial charge in [-0.25, -0.2) is 0 Å². The largest absolute Gasteiger partial charge is 0.481 e. The summed E-state index contributed by atoms with van der Waals surface area (Å²) in [6, 6.07) is 3.04. The molecule has 0 amide bonds. The molecule has 0 aromatic heterocycles. The monoisotopic (exact) mass is 347 g/mol. The van der Waals surface area contributed by atoms with E-state index in [-0.39, 0.29) is 6.42 Å². The van der Waals surface area contributed by atoms with E-state index < -0.39 is 41.2 Å². The number of aliphatic carboxylic acids is 1. The van der Waals surface area contributed by atoms with Gasteiger partial charge in [0.2, 0.25) is 0 Å². The normalized spacial score (nSPS) is 14.8. The molecule has 0 aliphatic carbocycles. The van der Waals surface area contributed by atoms with Gasteiger partial charge < -0.3 is 15.6 Å². The lowest BCUT2D eigenvalue weighted by Gasteiger charge is -2.25. The van der Waals surface area contributed by atoms with Crippen LogP contribution in [0.25, 0.3) is 0 Å². The number of alkyl halides is 3. The number of hydrogen-bond donors (Lipinski definition) is 2. The number of carbonyl (C=O) groups is 2. The number of carboxylic acid groups (broad SMARTS) is 1. The highest BCUT2D eigenvalue weighted by atomic mass is 19.4. The summed E-state index contributed by atoms with van der Waals surface area (Å²) in [5.41, 5.74) is 4.49. The molecule has 134 valence electrons.